The molecule has 0 aliphatic carbocycles. The highest BCUT2D eigenvalue weighted by Crippen LogP contribution is 2.04. The molecule has 1 aromatic heterocycles. The van der Waals surface area contributed by atoms with Crippen molar-refractivity contribution in [3.8, 4) is 0 Å². The standard InChI is InChI=1S/C8H11BrN2/c1-6(9)5-8-10-4-3-7(2)11-8/h3-4,6H,5H2,1-2H3. The van der Waals surface area contributed by atoms with Gasteiger partial charge in [0.15, 0.2) is 0 Å². The Bertz CT molecular complexity index is 235. The van der Waals surface area contributed by atoms with E-state index in [1.165, 1.54) is 0 Å². The molecule has 0 bridgehead atoms. The van der Waals surface area contributed by atoms with E-state index in [9.17, 15) is 0 Å². The van der Waals surface area contributed by atoms with E-state index >= 15 is 0 Å². The molecular formula is C8H11BrN2. The quantitative estimate of drug-likeness (QED) is 0.706. The number of hydrogen-bond acceptors (Lipinski definition) is 2. The van der Waals surface area contributed by atoms with E-state index < -0.39 is 0 Å². The molecule has 2 nitrogen and oxygen atoms in total. The molecule has 0 aliphatic rings. The average molecular weight is 215 g/mol. The Morgan fingerprint density at radius 2 is 2.36 bits per heavy atom. The Morgan fingerprint density at radius 3 is 2.91 bits per heavy atom. The second-order valence-electron chi connectivity index (χ2n) is 2.60. The van der Waals surface area contributed by atoms with Crippen LogP contribution in [0, 0.1) is 6.92 Å². The summed E-state index contributed by atoms with van der Waals surface area (Å²) in [6.45, 7) is 4.07. The van der Waals surface area contributed by atoms with Gasteiger partial charge < -0.3 is 0 Å². The van der Waals surface area contributed by atoms with E-state index in [1.54, 1.807) is 6.20 Å². The van der Waals surface area contributed by atoms with Crippen molar-refractivity contribution in [3.63, 3.8) is 0 Å². The van der Waals surface area contributed by atoms with Gasteiger partial charge in [-0.1, -0.05) is 22.9 Å². The molecule has 3 heteroatoms. The van der Waals surface area contributed by atoms with E-state index in [0.717, 1.165) is 17.9 Å². The molecule has 0 fully saturated rings. The summed E-state index contributed by atoms with van der Waals surface area (Å²) < 4.78 is 0. The predicted octanol–water partition coefficient (Wildman–Crippen LogP) is 2.11. The summed E-state index contributed by atoms with van der Waals surface area (Å²) in [5.41, 5.74) is 1.03. The summed E-state index contributed by atoms with van der Waals surface area (Å²) in [5.74, 6) is 0.911. The molecular weight excluding hydrogens is 204 g/mol. The molecule has 1 rings (SSSR count). The van der Waals surface area contributed by atoms with Crippen LogP contribution in [0.3, 0.4) is 0 Å². The van der Waals surface area contributed by atoms with Crippen molar-refractivity contribution >= 4 is 15.9 Å². The first-order valence-corrected chi connectivity index (χ1v) is 4.52. The zero-order chi connectivity index (χ0) is 8.27. The smallest absolute Gasteiger partial charge is 0.129 e. The lowest BCUT2D eigenvalue weighted by atomic mass is 10.3. The number of aryl methyl sites for hydroxylation is 1. The molecule has 1 unspecified atom stereocenters. The van der Waals surface area contributed by atoms with Crippen LogP contribution in [-0.2, 0) is 6.42 Å². The van der Waals surface area contributed by atoms with Crippen molar-refractivity contribution in [2.24, 2.45) is 0 Å². The second kappa shape index (κ2) is 3.81. The molecule has 0 amide bonds. The second-order valence-corrected chi connectivity index (χ2v) is 4.16. The minimum atomic E-state index is 0.448. The number of hydrogen-bond donors (Lipinski definition) is 0. The van der Waals surface area contributed by atoms with Gasteiger partial charge in [0, 0.05) is 23.1 Å². The van der Waals surface area contributed by atoms with Crippen LogP contribution < -0.4 is 0 Å². The van der Waals surface area contributed by atoms with E-state index in [0.29, 0.717) is 4.83 Å². The average Bonchev–Trinajstić information content (AvgIpc) is 1.85. The maximum absolute atomic E-state index is 4.27. The normalized spacial score (nSPS) is 13.0. The van der Waals surface area contributed by atoms with Gasteiger partial charge >= 0.3 is 0 Å². The minimum absolute atomic E-state index is 0.448. The molecule has 0 radical (unpaired) electrons. The fraction of sp³-hybridized carbons (Fsp3) is 0.500. The zero-order valence-corrected chi connectivity index (χ0v) is 8.30. The monoisotopic (exact) mass is 214 g/mol. The van der Waals surface area contributed by atoms with Crippen molar-refractivity contribution in [1.29, 1.82) is 0 Å². The summed E-state index contributed by atoms with van der Waals surface area (Å²) in [6.07, 6.45) is 2.69. The van der Waals surface area contributed by atoms with Crippen LogP contribution in [0.15, 0.2) is 12.3 Å². The Kier molecular flexibility index (Phi) is 3.00. The third kappa shape index (κ3) is 2.97. The molecule has 1 atom stereocenters. The molecule has 0 spiro atoms. The first kappa shape index (κ1) is 8.65. The number of rotatable bonds is 2. The number of nitrogens with zero attached hydrogens (tertiary/aromatic N) is 2. The minimum Gasteiger partial charge on any atom is -0.241 e. The van der Waals surface area contributed by atoms with Gasteiger partial charge in [-0.3, -0.25) is 0 Å². The van der Waals surface area contributed by atoms with Crippen molar-refractivity contribution in [1.82, 2.24) is 9.97 Å². The highest BCUT2D eigenvalue weighted by Gasteiger charge is 2.00. The van der Waals surface area contributed by atoms with Crippen molar-refractivity contribution in [2.45, 2.75) is 25.1 Å². The van der Waals surface area contributed by atoms with Crippen LogP contribution >= 0.6 is 15.9 Å². The van der Waals surface area contributed by atoms with Gasteiger partial charge in [0.05, 0.1) is 0 Å². The number of alkyl halides is 1. The van der Waals surface area contributed by atoms with Crippen LogP contribution in [0.4, 0.5) is 0 Å². The van der Waals surface area contributed by atoms with Gasteiger partial charge in [-0.15, -0.1) is 0 Å². The van der Waals surface area contributed by atoms with Crippen LogP contribution in [0.1, 0.15) is 18.4 Å². The molecule has 1 aromatic rings. The van der Waals surface area contributed by atoms with Crippen molar-refractivity contribution in [3.05, 3.63) is 23.8 Å². The Balaban J connectivity index is 2.71. The van der Waals surface area contributed by atoms with Crippen LogP contribution in [0.2, 0.25) is 0 Å². The Hall–Kier alpha value is -0.440. The van der Waals surface area contributed by atoms with E-state index in [2.05, 4.69) is 32.8 Å². The van der Waals surface area contributed by atoms with E-state index in [4.69, 9.17) is 0 Å². The van der Waals surface area contributed by atoms with Gasteiger partial charge in [0.1, 0.15) is 5.82 Å². The van der Waals surface area contributed by atoms with Crippen LogP contribution in [-0.4, -0.2) is 14.8 Å². The lowest BCUT2D eigenvalue weighted by molar-refractivity contribution is 0.847. The third-order valence-electron chi connectivity index (χ3n) is 1.31. The molecule has 0 saturated carbocycles. The SMILES string of the molecule is Cc1ccnc(CC(C)Br)n1. The predicted molar refractivity (Wildman–Crippen MR) is 48.9 cm³/mol. The first-order valence-electron chi connectivity index (χ1n) is 3.61. The number of aromatic nitrogens is 2. The summed E-state index contributed by atoms with van der Waals surface area (Å²) in [5, 5.41) is 0. The van der Waals surface area contributed by atoms with Gasteiger partial charge in [-0.25, -0.2) is 9.97 Å². The molecule has 1 heterocycles. The molecule has 0 aliphatic heterocycles. The summed E-state index contributed by atoms with van der Waals surface area (Å²) in [6, 6.07) is 1.91. The molecule has 0 aromatic carbocycles. The van der Waals surface area contributed by atoms with Gasteiger partial charge in [-0.2, -0.15) is 0 Å². The molecule has 0 N–H and O–H groups in total. The van der Waals surface area contributed by atoms with Crippen LogP contribution in [0.5, 0.6) is 0 Å². The van der Waals surface area contributed by atoms with Crippen LogP contribution in [0.25, 0.3) is 0 Å². The first-order chi connectivity index (χ1) is 5.18. The highest BCUT2D eigenvalue weighted by atomic mass is 79.9. The molecule has 11 heavy (non-hydrogen) atoms. The van der Waals surface area contributed by atoms with Crippen molar-refractivity contribution < 1.29 is 0 Å². The highest BCUT2D eigenvalue weighted by molar-refractivity contribution is 9.09. The molecule has 60 valence electrons. The summed E-state index contributed by atoms with van der Waals surface area (Å²) >= 11 is 3.46. The summed E-state index contributed by atoms with van der Waals surface area (Å²) in [7, 11) is 0. The van der Waals surface area contributed by atoms with Crippen molar-refractivity contribution in [2.75, 3.05) is 0 Å². The zero-order valence-electron chi connectivity index (χ0n) is 6.71. The van der Waals surface area contributed by atoms with Gasteiger partial charge in [0.25, 0.3) is 0 Å². The topological polar surface area (TPSA) is 25.8 Å². The van der Waals surface area contributed by atoms with E-state index in [-0.39, 0.29) is 0 Å². The van der Waals surface area contributed by atoms with Gasteiger partial charge in [0.2, 0.25) is 0 Å². The fourth-order valence-corrected chi connectivity index (χ4v) is 1.14. The fourth-order valence-electron chi connectivity index (χ4n) is 0.851. The largest absolute Gasteiger partial charge is 0.241 e. The van der Waals surface area contributed by atoms with E-state index in [1.807, 2.05) is 13.0 Å². The third-order valence-corrected chi connectivity index (χ3v) is 1.63. The lowest BCUT2D eigenvalue weighted by Gasteiger charge is -2.01. The Labute approximate surface area is 75.2 Å². The van der Waals surface area contributed by atoms with Gasteiger partial charge in [-0.05, 0) is 13.0 Å². The Morgan fingerprint density at radius 1 is 1.64 bits per heavy atom. The molecule has 0 saturated heterocycles. The number of halogens is 1. The maximum atomic E-state index is 4.27. The lowest BCUT2D eigenvalue weighted by Crippen LogP contribution is -2.02. The maximum Gasteiger partial charge on any atom is 0.129 e. The summed E-state index contributed by atoms with van der Waals surface area (Å²) in [4.78, 5) is 8.86.